The SMILES string of the molecule is COc1ccc(CC2C(=O)N=C(SCC(=O)c3ccc(OC)cc3)NC2=O)cc1. The molecule has 2 aromatic carbocycles. The van der Waals surface area contributed by atoms with Crippen LogP contribution in [-0.2, 0) is 16.0 Å². The van der Waals surface area contributed by atoms with Crippen LogP contribution in [0.3, 0.4) is 0 Å². The van der Waals surface area contributed by atoms with E-state index < -0.39 is 17.7 Å². The Hall–Kier alpha value is -3.13. The maximum Gasteiger partial charge on any atom is 0.261 e. The molecule has 8 heteroatoms. The molecule has 29 heavy (non-hydrogen) atoms. The van der Waals surface area contributed by atoms with Crippen molar-refractivity contribution in [1.29, 1.82) is 0 Å². The molecule has 0 radical (unpaired) electrons. The first-order valence-electron chi connectivity index (χ1n) is 8.86. The number of carbonyl (C=O) groups is 3. The van der Waals surface area contributed by atoms with Crippen LogP contribution in [0.4, 0.5) is 0 Å². The Morgan fingerprint density at radius 2 is 1.59 bits per heavy atom. The average Bonchev–Trinajstić information content (AvgIpc) is 2.75. The summed E-state index contributed by atoms with van der Waals surface area (Å²) in [5, 5.41) is 2.77. The topological polar surface area (TPSA) is 94.1 Å². The number of amidine groups is 1. The first kappa shape index (κ1) is 20.6. The molecule has 1 atom stereocenters. The highest BCUT2D eigenvalue weighted by molar-refractivity contribution is 8.14. The lowest BCUT2D eigenvalue weighted by atomic mass is 9.97. The van der Waals surface area contributed by atoms with Crippen LogP contribution in [0, 0.1) is 5.92 Å². The third-order valence-corrected chi connectivity index (χ3v) is 5.28. The van der Waals surface area contributed by atoms with Crippen molar-refractivity contribution in [2.75, 3.05) is 20.0 Å². The van der Waals surface area contributed by atoms with Gasteiger partial charge in [-0.15, -0.1) is 0 Å². The highest BCUT2D eigenvalue weighted by Crippen LogP contribution is 2.20. The van der Waals surface area contributed by atoms with Crippen LogP contribution in [0.2, 0.25) is 0 Å². The van der Waals surface area contributed by atoms with Crippen molar-refractivity contribution >= 4 is 34.5 Å². The van der Waals surface area contributed by atoms with Gasteiger partial charge in [-0.05, 0) is 48.4 Å². The van der Waals surface area contributed by atoms with E-state index in [1.807, 2.05) is 0 Å². The van der Waals surface area contributed by atoms with Crippen LogP contribution in [0.5, 0.6) is 11.5 Å². The monoisotopic (exact) mass is 412 g/mol. The van der Waals surface area contributed by atoms with Gasteiger partial charge in [0, 0.05) is 5.56 Å². The van der Waals surface area contributed by atoms with E-state index in [0.29, 0.717) is 17.1 Å². The normalized spacial score (nSPS) is 16.1. The molecule has 0 saturated carbocycles. The van der Waals surface area contributed by atoms with Crippen molar-refractivity contribution in [1.82, 2.24) is 5.32 Å². The lowest BCUT2D eigenvalue weighted by molar-refractivity contribution is -0.133. The van der Waals surface area contributed by atoms with E-state index in [1.165, 1.54) is 0 Å². The molecule has 1 N–H and O–H groups in total. The highest BCUT2D eigenvalue weighted by Gasteiger charge is 2.32. The molecular formula is C21H20N2O5S. The lowest BCUT2D eigenvalue weighted by Crippen LogP contribution is -2.43. The molecule has 0 spiro atoms. The zero-order valence-electron chi connectivity index (χ0n) is 16.0. The van der Waals surface area contributed by atoms with Crippen LogP contribution in [0.25, 0.3) is 0 Å². The Bertz CT molecular complexity index is 939. The summed E-state index contributed by atoms with van der Waals surface area (Å²) >= 11 is 1.03. The van der Waals surface area contributed by atoms with Crippen molar-refractivity contribution in [3.63, 3.8) is 0 Å². The van der Waals surface area contributed by atoms with Crippen molar-refractivity contribution in [2.45, 2.75) is 6.42 Å². The Morgan fingerprint density at radius 3 is 2.14 bits per heavy atom. The zero-order valence-corrected chi connectivity index (χ0v) is 16.8. The summed E-state index contributed by atoms with van der Waals surface area (Å²) in [7, 11) is 3.12. The van der Waals surface area contributed by atoms with Crippen LogP contribution < -0.4 is 14.8 Å². The van der Waals surface area contributed by atoms with E-state index in [4.69, 9.17) is 9.47 Å². The second-order valence-electron chi connectivity index (χ2n) is 6.29. The van der Waals surface area contributed by atoms with Gasteiger partial charge in [0.1, 0.15) is 17.4 Å². The van der Waals surface area contributed by atoms with Crippen molar-refractivity contribution in [2.24, 2.45) is 10.9 Å². The van der Waals surface area contributed by atoms with Gasteiger partial charge in [0.15, 0.2) is 11.0 Å². The van der Waals surface area contributed by atoms with E-state index in [9.17, 15) is 14.4 Å². The number of benzene rings is 2. The van der Waals surface area contributed by atoms with Gasteiger partial charge in [-0.25, -0.2) is 0 Å². The highest BCUT2D eigenvalue weighted by atomic mass is 32.2. The lowest BCUT2D eigenvalue weighted by Gasteiger charge is -2.19. The molecule has 0 aromatic heterocycles. The number of aliphatic imine (C=N–C) groups is 1. The van der Waals surface area contributed by atoms with E-state index >= 15 is 0 Å². The van der Waals surface area contributed by atoms with Crippen LogP contribution in [0.1, 0.15) is 15.9 Å². The van der Waals surface area contributed by atoms with E-state index in [2.05, 4.69) is 10.3 Å². The largest absolute Gasteiger partial charge is 0.497 e. The molecule has 7 nitrogen and oxygen atoms in total. The quantitative estimate of drug-likeness (QED) is 0.555. The summed E-state index contributed by atoms with van der Waals surface area (Å²) in [4.78, 5) is 41.0. The Kier molecular flexibility index (Phi) is 6.66. The number of nitrogens with zero attached hydrogens (tertiary/aromatic N) is 1. The molecule has 1 aliphatic rings. The van der Waals surface area contributed by atoms with Crippen LogP contribution >= 0.6 is 11.8 Å². The number of nitrogens with one attached hydrogen (secondary N) is 1. The fourth-order valence-electron chi connectivity index (χ4n) is 2.75. The fourth-order valence-corrected chi connectivity index (χ4v) is 3.51. The molecule has 2 amide bonds. The molecule has 0 fully saturated rings. The predicted octanol–water partition coefficient (Wildman–Crippen LogP) is 2.49. The molecule has 2 aromatic rings. The van der Waals surface area contributed by atoms with Gasteiger partial charge in [0.25, 0.3) is 5.91 Å². The van der Waals surface area contributed by atoms with Gasteiger partial charge < -0.3 is 14.8 Å². The van der Waals surface area contributed by atoms with Crippen molar-refractivity contribution < 1.29 is 23.9 Å². The second kappa shape index (κ2) is 9.38. The zero-order chi connectivity index (χ0) is 20.8. The smallest absolute Gasteiger partial charge is 0.261 e. The molecule has 0 aliphatic carbocycles. The van der Waals surface area contributed by atoms with E-state index in [0.717, 1.165) is 17.3 Å². The summed E-state index contributed by atoms with van der Waals surface area (Å²) in [5.41, 5.74) is 1.35. The summed E-state index contributed by atoms with van der Waals surface area (Å²) in [6, 6.07) is 13.9. The number of Topliss-reactive ketones (excluding diaryl/α,β-unsaturated/α-hetero) is 1. The number of hydrogen-bond acceptors (Lipinski definition) is 6. The van der Waals surface area contributed by atoms with Gasteiger partial charge in [0.05, 0.1) is 20.0 Å². The maximum atomic E-state index is 12.4. The van der Waals surface area contributed by atoms with E-state index in [-0.39, 0.29) is 23.1 Å². The fraction of sp³-hybridized carbons (Fsp3) is 0.238. The molecule has 150 valence electrons. The Balaban J connectivity index is 1.59. The molecule has 1 heterocycles. The number of rotatable bonds is 7. The summed E-state index contributed by atoms with van der Waals surface area (Å²) in [5.74, 6) is -0.531. The molecule has 3 rings (SSSR count). The minimum atomic E-state index is -0.884. The summed E-state index contributed by atoms with van der Waals surface area (Å²) < 4.78 is 10.2. The maximum absolute atomic E-state index is 12.4. The van der Waals surface area contributed by atoms with Gasteiger partial charge in [-0.1, -0.05) is 23.9 Å². The number of ether oxygens (including phenoxy) is 2. The number of amides is 2. The number of methoxy groups -OCH3 is 2. The standard InChI is InChI=1S/C21H20N2O5S/c1-27-15-7-3-13(4-8-15)11-17-19(25)22-21(23-20(17)26)29-12-18(24)14-5-9-16(28-2)10-6-14/h3-10,17H,11-12H2,1-2H3,(H,22,23,25,26). The Morgan fingerprint density at radius 1 is 1.00 bits per heavy atom. The summed E-state index contributed by atoms with van der Waals surface area (Å²) in [6.07, 6.45) is 0.251. The van der Waals surface area contributed by atoms with Crippen molar-refractivity contribution in [3.8, 4) is 11.5 Å². The third kappa shape index (κ3) is 5.23. The molecule has 0 bridgehead atoms. The Labute approximate surface area is 172 Å². The third-order valence-electron chi connectivity index (χ3n) is 4.41. The van der Waals surface area contributed by atoms with Gasteiger partial charge in [-0.3, -0.25) is 14.4 Å². The predicted molar refractivity (Wildman–Crippen MR) is 111 cm³/mol. The van der Waals surface area contributed by atoms with Crippen LogP contribution in [0.15, 0.2) is 53.5 Å². The first-order valence-corrected chi connectivity index (χ1v) is 9.85. The minimum absolute atomic E-state index is 0.0574. The number of ketones is 1. The average molecular weight is 412 g/mol. The minimum Gasteiger partial charge on any atom is -0.497 e. The molecular weight excluding hydrogens is 392 g/mol. The molecule has 0 saturated heterocycles. The number of thioether (sulfide) groups is 1. The van der Waals surface area contributed by atoms with Crippen LogP contribution in [-0.4, -0.2) is 42.7 Å². The number of carbonyl (C=O) groups excluding carboxylic acids is 3. The first-order chi connectivity index (χ1) is 14.0. The summed E-state index contributed by atoms with van der Waals surface area (Å²) in [6.45, 7) is 0. The van der Waals surface area contributed by atoms with Gasteiger partial charge >= 0.3 is 0 Å². The van der Waals surface area contributed by atoms with Gasteiger partial charge in [-0.2, -0.15) is 4.99 Å². The van der Waals surface area contributed by atoms with Gasteiger partial charge in [0.2, 0.25) is 5.91 Å². The van der Waals surface area contributed by atoms with E-state index in [1.54, 1.807) is 62.8 Å². The second-order valence-corrected chi connectivity index (χ2v) is 7.25. The van der Waals surface area contributed by atoms with Crippen molar-refractivity contribution in [3.05, 3.63) is 59.7 Å². The molecule has 1 aliphatic heterocycles. The molecule has 1 unspecified atom stereocenters. The number of hydrogen-bond donors (Lipinski definition) is 1.